The third kappa shape index (κ3) is 11.7. The van der Waals surface area contributed by atoms with Crippen LogP contribution in [0.1, 0.15) is 61.1 Å². The number of aromatic amines is 1. The topological polar surface area (TPSA) is 237 Å². The smallest absolute Gasteiger partial charge is 0.415 e. The minimum Gasteiger partial charge on any atom is -0.493 e. The number of aliphatic hydroxyl groups is 1. The summed E-state index contributed by atoms with van der Waals surface area (Å²) in [5.41, 5.74) is 3.54. The van der Waals surface area contributed by atoms with E-state index in [0.717, 1.165) is 0 Å². The molecule has 3 aromatic carbocycles. The standard InChI is InChI=1S/C48H60ClN7O13/c1-26(2)27(3)44(58)50-28(4)45(59)52-33-12-10-30(11-13-33)25-67-47(61)54(6)14-15-55(16-18-66-19-17-57)48(62)69-37-22-35-38(40-41(37)68-29(5)51-40)32(23-49)24-56(35)46(60)34-20-31-21-36(63-7)42(64-8)43(65-9)39(31)53-34/h10-13,20-22,26-28,32,53,57H,14-19,23-25H2,1-9H3,(H,50,58)(H,52,59)/t27-,28-,32?/m0/s1. The first-order chi connectivity index (χ1) is 33.0. The Bertz CT molecular complexity index is 2650. The number of carbonyl (C=O) groups is 5. The number of ether oxygens (including phenoxy) is 6. The van der Waals surface area contributed by atoms with E-state index in [-0.39, 0.29) is 105 Å². The average Bonchev–Trinajstić information content (AvgIpc) is 4.06. The van der Waals surface area contributed by atoms with E-state index in [4.69, 9.17) is 44.4 Å². The van der Waals surface area contributed by atoms with Crippen molar-refractivity contribution >= 4 is 74.9 Å². The summed E-state index contributed by atoms with van der Waals surface area (Å²) in [6, 6.07) is 10.9. The van der Waals surface area contributed by atoms with Gasteiger partial charge in [-0.1, -0.05) is 32.9 Å². The number of aryl methyl sites for hydroxylation is 1. The van der Waals surface area contributed by atoms with Crippen LogP contribution in [-0.4, -0.2) is 141 Å². The van der Waals surface area contributed by atoms with E-state index in [1.807, 2.05) is 20.8 Å². The zero-order chi connectivity index (χ0) is 50.1. The lowest BCUT2D eigenvalue weighted by Gasteiger charge is -2.25. The molecule has 3 heterocycles. The molecule has 0 saturated carbocycles. The van der Waals surface area contributed by atoms with Crippen molar-refractivity contribution in [2.45, 2.75) is 53.2 Å². The summed E-state index contributed by atoms with van der Waals surface area (Å²) in [7, 11) is 6.00. The lowest BCUT2D eigenvalue weighted by atomic mass is 9.97. The number of H-pyrrole nitrogens is 1. The van der Waals surface area contributed by atoms with Crippen LogP contribution in [0.25, 0.3) is 22.0 Å². The largest absolute Gasteiger partial charge is 0.493 e. The number of fused-ring (bicyclic) bond motifs is 4. The van der Waals surface area contributed by atoms with Crippen molar-refractivity contribution in [3.63, 3.8) is 0 Å². The Hall–Kier alpha value is -6.77. The second-order valence-corrected chi connectivity index (χ2v) is 17.2. The first-order valence-corrected chi connectivity index (χ1v) is 22.9. The van der Waals surface area contributed by atoms with Crippen LogP contribution in [0.5, 0.6) is 23.0 Å². The van der Waals surface area contributed by atoms with Crippen LogP contribution in [0.15, 0.2) is 46.9 Å². The molecule has 0 bridgehead atoms. The Kier molecular flexibility index (Phi) is 17.2. The van der Waals surface area contributed by atoms with Crippen LogP contribution < -0.4 is 34.5 Å². The Morgan fingerprint density at radius 1 is 0.928 bits per heavy atom. The third-order valence-electron chi connectivity index (χ3n) is 11.9. The lowest BCUT2D eigenvalue weighted by molar-refractivity contribution is -0.129. The van der Waals surface area contributed by atoms with E-state index in [2.05, 4.69) is 20.6 Å². The minimum atomic E-state index is -0.816. The van der Waals surface area contributed by atoms with Crippen LogP contribution >= 0.6 is 11.6 Å². The van der Waals surface area contributed by atoms with Crippen molar-refractivity contribution in [2.75, 3.05) is 90.5 Å². The number of aliphatic hydroxyl groups excluding tert-OH is 1. The molecule has 6 rings (SSSR count). The maximum atomic E-state index is 14.5. The molecule has 2 aromatic heterocycles. The molecule has 3 atom stereocenters. The number of alkyl halides is 1. The van der Waals surface area contributed by atoms with Gasteiger partial charge in [0.05, 0.1) is 52.4 Å². The predicted octanol–water partition coefficient (Wildman–Crippen LogP) is 6.44. The van der Waals surface area contributed by atoms with Gasteiger partial charge in [0.15, 0.2) is 28.7 Å². The minimum absolute atomic E-state index is 0.00709. The molecular weight excluding hydrogens is 918 g/mol. The number of methoxy groups -OCH3 is 3. The quantitative estimate of drug-likeness (QED) is 0.0458. The second-order valence-electron chi connectivity index (χ2n) is 16.9. The van der Waals surface area contributed by atoms with E-state index in [0.29, 0.717) is 62.1 Å². The van der Waals surface area contributed by atoms with Crippen molar-refractivity contribution in [1.29, 1.82) is 0 Å². The number of nitrogens with zero attached hydrogens (tertiary/aromatic N) is 4. The zero-order valence-electron chi connectivity index (χ0n) is 40.2. The molecule has 372 valence electrons. The summed E-state index contributed by atoms with van der Waals surface area (Å²) in [4.78, 5) is 78.8. The van der Waals surface area contributed by atoms with Crippen LogP contribution in [0.4, 0.5) is 21.0 Å². The van der Waals surface area contributed by atoms with Crippen molar-refractivity contribution in [3.8, 4) is 23.0 Å². The molecule has 5 amide bonds. The Labute approximate surface area is 404 Å². The predicted molar refractivity (Wildman–Crippen MR) is 257 cm³/mol. The summed E-state index contributed by atoms with van der Waals surface area (Å²) in [6.07, 6.45) is -1.48. The van der Waals surface area contributed by atoms with Crippen LogP contribution in [0.3, 0.4) is 0 Å². The van der Waals surface area contributed by atoms with E-state index in [1.54, 1.807) is 61.2 Å². The van der Waals surface area contributed by atoms with Gasteiger partial charge in [-0.2, -0.15) is 0 Å². The first kappa shape index (κ1) is 51.6. The highest BCUT2D eigenvalue weighted by Crippen LogP contribution is 2.47. The van der Waals surface area contributed by atoms with Gasteiger partial charge in [0.1, 0.15) is 23.9 Å². The molecule has 20 nitrogen and oxygen atoms in total. The number of aromatic nitrogens is 2. The first-order valence-electron chi connectivity index (χ1n) is 22.4. The van der Waals surface area contributed by atoms with Crippen LogP contribution in [-0.2, 0) is 25.7 Å². The monoisotopic (exact) mass is 977 g/mol. The number of anilines is 2. The van der Waals surface area contributed by atoms with Crippen molar-refractivity contribution < 1.29 is 61.9 Å². The number of hydrogen-bond acceptors (Lipinski definition) is 14. The van der Waals surface area contributed by atoms with Gasteiger partial charge in [-0.3, -0.25) is 14.4 Å². The van der Waals surface area contributed by atoms with Gasteiger partial charge >= 0.3 is 12.2 Å². The molecule has 5 aromatic rings. The van der Waals surface area contributed by atoms with Crippen molar-refractivity contribution in [2.24, 2.45) is 11.8 Å². The van der Waals surface area contributed by atoms with Gasteiger partial charge in [-0.25, -0.2) is 14.6 Å². The molecule has 1 unspecified atom stereocenters. The Morgan fingerprint density at radius 2 is 1.65 bits per heavy atom. The van der Waals surface area contributed by atoms with Gasteiger partial charge in [0, 0.05) is 80.6 Å². The fourth-order valence-electron chi connectivity index (χ4n) is 7.66. The molecule has 1 aliphatic heterocycles. The molecule has 0 saturated heterocycles. The Morgan fingerprint density at radius 3 is 2.30 bits per heavy atom. The maximum Gasteiger partial charge on any atom is 0.415 e. The summed E-state index contributed by atoms with van der Waals surface area (Å²) in [5.74, 6) is 0.116. The molecule has 4 N–H and O–H groups in total. The van der Waals surface area contributed by atoms with Crippen LogP contribution in [0, 0.1) is 18.8 Å². The van der Waals surface area contributed by atoms with Gasteiger partial charge in [0.25, 0.3) is 5.91 Å². The van der Waals surface area contributed by atoms with Gasteiger partial charge in [-0.05, 0) is 42.7 Å². The number of nitrogens with one attached hydrogen (secondary N) is 3. The normalized spacial score (nSPS) is 14.0. The van der Waals surface area contributed by atoms with Crippen LogP contribution in [0.2, 0.25) is 0 Å². The van der Waals surface area contributed by atoms with Gasteiger partial charge < -0.3 is 68.3 Å². The number of halogens is 1. The fraction of sp³-hybridized carbons (Fsp3) is 0.458. The highest BCUT2D eigenvalue weighted by molar-refractivity contribution is 6.19. The number of carbonyl (C=O) groups excluding carboxylic acids is 5. The number of likely N-dealkylation sites (N-methyl/N-ethyl adjacent to an activating group) is 1. The SMILES string of the molecule is COc1cc2cc(C(=O)N3CC(CCl)c4c3cc(OC(=O)N(CCOCCO)CCN(C)C(=O)OCc3ccc(NC(=O)[C@H](C)NC(=O)[C@@H](C)C(C)C)cc3)c3oc(C)nc43)[nH]c2c(OC)c1OC. The molecule has 21 heteroatoms. The summed E-state index contributed by atoms with van der Waals surface area (Å²) in [5, 5.41) is 15.4. The maximum absolute atomic E-state index is 14.5. The van der Waals surface area contributed by atoms with E-state index >= 15 is 0 Å². The fourth-order valence-corrected chi connectivity index (χ4v) is 7.91. The third-order valence-corrected chi connectivity index (χ3v) is 12.3. The Balaban J connectivity index is 1.14. The molecule has 0 fully saturated rings. The summed E-state index contributed by atoms with van der Waals surface area (Å²) < 4.78 is 39.8. The molecular formula is C48H60ClN7O13. The zero-order valence-corrected chi connectivity index (χ0v) is 41.0. The molecule has 0 radical (unpaired) electrons. The van der Waals surface area contributed by atoms with Gasteiger partial charge in [-0.15, -0.1) is 11.6 Å². The number of oxazole rings is 1. The number of rotatable bonds is 21. The van der Waals surface area contributed by atoms with E-state index < -0.39 is 24.1 Å². The molecule has 0 spiro atoms. The lowest BCUT2D eigenvalue weighted by Crippen LogP contribution is -2.44. The van der Waals surface area contributed by atoms with Crippen molar-refractivity contribution in [1.82, 2.24) is 25.1 Å². The molecule has 1 aliphatic rings. The summed E-state index contributed by atoms with van der Waals surface area (Å²) >= 11 is 6.53. The van der Waals surface area contributed by atoms with Gasteiger partial charge in [0.2, 0.25) is 17.6 Å². The molecule has 69 heavy (non-hydrogen) atoms. The van der Waals surface area contributed by atoms with E-state index in [1.165, 1.54) is 38.2 Å². The summed E-state index contributed by atoms with van der Waals surface area (Å²) in [6.45, 7) is 8.95. The highest BCUT2D eigenvalue weighted by Gasteiger charge is 2.38. The number of hydrogen-bond donors (Lipinski definition) is 4. The molecule has 0 aliphatic carbocycles. The van der Waals surface area contributed by atoms with Crippen molar-refractivity contribution in [3.05, 3.63) is 65.2 Å². The number of benzene rings is 3. The highest BCUT2D eigenvalue weighted by atomic mass is 35.5. The average molecular weight is 978 g/mol. The number of amides is 5. The second kappa shape index (κ2) is 23.0. The van der Waals surface area contributed by atoms with E-state index in [9.17, 15) is 29.1 Å².